The lowest BCUT2D eigenvalue weighted by molar-refractivity contribution is -0.158. The predicted octanol–water partition coefficient (Wildman–Crippen LogP) is -1.15. The van der Waals surface area contributed by atoms with Crippen LogP contribution in [0.3, 0.4) is 0 Å². The largest absolute Gasteiger partial charge is 0.477 e. The predicted molar refractivity (Wildman–Crippen MR) is 131 cm³/mol. The van der Waals surface area contributed by atoms with Crippen LogP contribution in [0, 0.1) is 11.8 Å². The first-order valence-electron chi connectivity index (χ1n) is 12.2. The smallest absolute Gasteiger partial charge is 0.353 e. The van der Waals surface area contributed by atoms with Crippen LogP contribution in [-0.2, 0) is 19.2 Å². The van der Waals surface area contributed by atoms with E-state index in [0.717, 1.165) is 6.42 Å². The molecule has 4 aliphatic heterocycles. The van der Waals surface area contributed by atoms with Crippen molar-refractivity contribution in [2.45, 2.75) is 56.1 Å². The molecule has 4 aliphatic rings. The number of fused-ring (bicyclic) bond motifs is 1. The van der Waals surface area contributed by atoms with E-state index >= 15 is 0 Å². The minimum absolute atomic E-state index is 0.0245. The van der Waals surface area contributed by atoms with Crippen molar-refractivity contribution < 1.29 is 24.3 Å². The number of hydrogen-bond donors (Lipinski definition) is 4. The number of carbonyl (C=O) groups excluding carboxylic acids is 3. The Bertz CT molecular complexity index is 941. The van der Waals surface area contributed by atoms with E-state index < -0.39 is 17.9 Å². The van der Waals surface area contributed by atoms with Crippen LogP contribution in [0.15, 0.2) is 10.6 Å². The van der Waals surface area contributed by atoms with Crippen molar-refractivity contribution in [3.63, 3.8) is 0 Å². The summed E-state index contributed by atoms with van der Waals surface area (Å²) in [6.07, 6.45) is 1.40. The van der Waals surface area contributed by atoms with Crippen molar-refractivity contribution in [1.82, 2.24) is 25.3 Å². The summed E-state index contributed by atoms with van der Waals surface area (Å²) in [6.45, 7) is 5.79. The number of likely N-dealkylation sites (tertiary alicyclic amines) is 1. The molecule has 35 heavy (non-hydrogen) atoms. The monoisotopic (exact) mass is 508 g/mol. The van der Waals surface area contributed by atoms with E-state index in [-0.39, 0.29) is 59.3 Å². The Labute approximate surface area is 209 Å². The molecule has 194 valence electrons. The summed E-state index contributed by atoms with van der Waals surface area (Å²) in [5.41, 5.74) is 5.98. The molecule has 4 heterocycles. The van der Waals surface area contributed by atoms with E-state index in [9.17, 15) is 24.3 Å². The molecule has 3 amide bonds. The van der Waals surface area contributed by atoms with Gasteiger partial charge in [0.1, 0.15) is 5.70 Å². The normalized spacial score (nSPS) is 33.3. The van der Waals surface area contributed by atoms with Gasteiger partial charge in [-0.1, -0.05) is 6.92 Å². The van der Waals surface area contributed by atoms with Gasteiger partial charge in [-0.05, 0) is 33.9 Å². The maximum atomic E-state index is 13.0. The van der Waals surface area contributed by atoms with Gasteiger partial charge < -0.3 is 36.2 Å². The van der Waals surface area contributed by atoms with Gasteiger partial charge in [0.25, 0.3) is 0 Å². The number of nitrogens with one attached hydrogen (secondary N) is 2. The summed E-state index contributed by atoms with van der Waals surface area (Å²) in [7, 11) is 3.59. The lowest BCUT2D eigenvalue weighted by Gasteiger charge is -2.47. The molecule has 0 spiro atoms. The highest BCUT2D eigenvalue weighted by Gasteiger charge is 2.60. The van der Waals surface area contributed by atoms with Crippen LogP contribution < -0.4 is 16.4 Å². The topological polar surface area (TPSA) is 148 Å². The van der Waals surface area contributed by atoms with Gasteiger partial charge in [0.15, 0.2) is 0 Å². The van der Waals surface area contributed by atoms with Crippen LogP contribution in [-0.4, -0.2) is 113 Å². The van der Waals surface area contributed by atoms with E-state index in [0.29, 0.717) is 31.0 Å². The Morgan fingerprint density at radius 2 is 2.06 bits per heavy atom. The fourth-order valence-corrected chi connectivity index (χ4v) is 7.22. The maximum absolute atomic E-state index is 13.0. The summed E-state index contributed by atoms with van der Waals surface area (Å²) in [4.78, 5) is 55.9. The zero-order valence-corrected chi connectivity index (χ0v) is 21.5. The third-order valence-corrected chi connectivity index (χ3v) is 8.91. The second-order valence-electron chi connectivity index (χ2n) is 10.4. The third-order valence-electron chi connectivity index (χ3n) is 7.40. The summed E-state index contributed by atoms with van der Waals surface area (Å²) in [6, 6.07) is -0.983. The zero-order valence-electron chi connectivity index (χ0n) is 20.7. The van der Waals surface area contributed by atoms with E-state index in [4.69, 9.17) is 5.73 Å². The Morgan fingerprint density at radius 1 is 1.34 bits per heavy atom. The molecular weight excluding hydrogens is 472 g/mol. The number of aliphatic carboxylic acids is 1. The number of carboxylic acids is 1. The van der Waals surface area contributed by atoms with Gasteiger partial charge in [0.2, 0.25) is 17.7 Å². The molecule has 0 unspecified atom stereocenters. The molecule has 5 N–H and O–H groups in total. The molecule has 0 aromatic rings. The Balaban J connectivity index is 1.42. The lowest BCUT2D eigenvalue weighted by atomic mass is 9.78. The van der Waals surface area contributed by atoms with Gasteiger partial charge in [-0.25, -0.2) is 4.79 Å². The molecule has 0 radical (unpaired) electrons. The summed E-state index contributed by atoms with van der Waals surface area (Å²) < 4.78 is 0. The number of β-lactam (4-membered cyclic amide) rings is 1. The molecule has 3 fully saturated rings. The van der Waals surface area contributed by atoms with Gasteiger partial charge in [0, 0.05) is 47.8 Å². The van der Waals surface area contributed by atoms with Crippen LogP contribution >= 0.6 is 11.8 Å². The summed E-state index contributed by atoms with van der Waals surface area (Å²) in [5.74, 6) is -2.16. The van der Waals surface area contributed by atoms with Gasteiger partial charge in [-0.2, -0.15) is 0 Å². The fraction of sp³-hybridized carbons (Fsp3) is 0.739. The number of nitrogens with two attached hydrogens (primary N) is 1. The quantitative estimate of drug-likeness (QED) is 0.298. The number of hydrogen-bond acceptors (Lipinski definition) is 8. The molecule has 11 nitrogen and oxygen atoms in total. The number of carboxylic acid groups (broad SMARTS) is 1. The Hall–Kier alpha value is -2.15. The molecule has 0 aromatic heterocycles. The molecule has 0 bridgehead atoms. The second kappa shape index (κ2) is 10.1. The van der Waals surface area contributed by atoms with Crippen molar-refractivity contribution in [3.8, 4) is 0 Å². The molecule has 3 saturated heterocycles. The number of carbonyl (C=O) groups is 4. The van der Waals surface area contributed by atoms with Crippen LogP contribution in [0.5, 0.6) is 0 Å². The Morgan fingerprint density at radius 3 is 2.66 bits per heavy atom. The second-order valence-corrected chi connectivity index (χ2v) is 11.7. The first-order valence-corrected chi connectivity index (χ1v) is 13.1. The van der Waals surface area contributed by atoms with E-state index in [1.807, 2.05) is 6.92 Å². The van der Waals surface area contributed by atoms with Crippen LogP contribution in [0.1, 0.15) is 26.7 Å². The van der Waals surface area contributed by atoms with Crippen molar-refractivity contribution >= 4 is 35.5 Å². The number of likely N-dealkylation sites (N-methyl/N-ethyl adjacent to an activating group) is 1. The van der Waals surface area contributed by atoms with Crippen LogP contribution in [0.25, 0.3) is 0 Å². The molecule has 0 aromatic carbocycles. The van der Waals surface area contributed by atoms with E-state index in [1.54, 1.807) is 30.8 Å². The number of nitrogens with zero attached hydrogens (tertiary/aromatic N) is 3. The molecule has 0 aliphatic carbocycles. The minimum atomic E-state index is -1.12. The standard InChI is InChI=1S/C23H36N6O5S/c1-11-18-17(12(2)26-16(30)10-27(3)4)22(32)29(18)19(23(33)34)20(11)35-14-7-15(25-8-14)21(31)28-6-5-13(24)9-28/h11-15,17-18,25H,5-10,24H2,1-4H3,(H,26,30)(H,33,34)/t11-,12-,13-,14+,15+,17-,18-/m1/s1. The zero-order chi connectivity index (χ0) is 25.6. The Kier molecular flexibility index (Phi) is 7.46. The summed E-state index contributed by atoms with van der Waals surface area (Å²) >= 11 is 1.46. The highest BCUT2D eigenvalue weighted by atomic mass is 32.2. The molecule has 4 rings (SSSR count). The van der Waals surface area contributed by atoms with Crippen LogP contribution in [0.4, 0.5) is 0 Å². The number of thioether (sulfide) groups is 1. The van der Waals surface area contributed by atoms with Gasteiger partial charge in [-0.15, -0.1) is 11.8 Å². The lowest BCUT2D eigenvalue weighted by Crippen LogP contribution is -2.66. The van der Waals surface area contributed by atoms with Gasteiger partial charge in [0.05, 0.1) is 24.5 Å². The average molecular weight is 509 g/mol. The minimum Gasteiger partial charge on any atom is -0.477 e. The van der Waals surface area contributed by atoms with Gasteiger partial charge >= 0.3 is 5.97 Å². The highest BCUT2D eigenvalue weighted by molar-refractivity contribution is 8.03. The third kappa shape index (κ3) is 4.93. The molecule has 7 atom stereocenters. The maximum Gasteiger partial charge on any atom is 0.353 e. The van der Waals surface area contributed by atoms with Crippen molar-refractivity contribution in [2.75, 3.05) is 40.3 Å². The molecule has 0 saturated carbocycles. The van der Waals surface area contributed by atoms with Crippen molar-refractivity contribution in [2.24, 2.45) is 17.6 Å². The summed E-state index contributed by atoms with van der Waals surface area (Å²) in [5, 5.41) is 16.2. The fourth-order valence-electron chi connectivity index (χ4n) is 5.74. The van der Waals surface area contributed by atoms with Crippen molar-refractivity contribution in [3.05, 3.63) is 10.6 Å². The van der Waals surface area contributed by atoms with E-state index in [2.05, 4.69) is 10.6 Å². The SMILES string of the molecule is C[C@@H](NC(=O)CN(C)C)[C@H]1C(=O)N2C(C(=O)O)=C(S[C@@H]3CN[C@H](C(=O)N4CC[C@@H](N)C4)C3)[C@H](C)[C@H]12. The highest BCUT2D eigenvalue weighted by Crippen LogP contribution is 2.51. The number of amides is 3. The van der Waals surface area contributed by atoms with Gasteiger partial charge in [-0.3, -0.25) is 14.4 Å². The first-order chi connectivity index (χ1) is 16.5. The van der Waals surface area contributed by atoms with Crippen LogP contribution in [0.2, 0.25) is 0 Å². The van der Waals surface area contributed by atoms with E-state index in [1.165, 1.54) is 16.7 Å². The first kappa shape index (κ1) is 25.9. The van der Waals surface area contributed by atoms with Crippen molar-refractivity contribution in [1.29, 1.82) is 0 Å². The molecular formula is C23H36N6O5S. The average Bonchev–Trinajstić information content (AvgIpc) is 3.45. The molecule has 12 heteroatoms. The number of rotatable bonds is 8.